The zero-order valence-electron chi connectivity index (χ0n) is 15.3. The van der Waals surface area contributed by atoms with Crippen LogP contribution in [0.4, 0.5) is 5.69 Å². The van der Waals surface area contributed by atoms with E-state index < -0.39 is 0 Å². The van der Waals surface area contributed by atoms with Gasteiger partial charge in [-0.25, -0.2) is 0 Å². The van der Waals surface area contributed by atoms with Crippen molar-refractivity contribution in [3.05, 3.63) is 70.8 Å². The fourth-order valence-electron chi connectivity index (χ4n) is 3.18. The van der Waals surface area contributed by atoms with E-state index in [1.54, 1.807) is 17.0 Å². The fraction of sp³-hybridized carbons (Fsp3) is 0.273. The minimum absolute atomic E-state index is 0.00714. The quantitative estimate of drug-likeness (QED) is 0.789. The average molecular weight is 383 g/mol. The Morgan fingerprint density at radius 1 is 1.07 bits per heavy atom. The van der Waals surface area contributed by atoms with Crippen molar-refractivity contribution < 1.29 is 9.59 Å². The molecule has 3 rings (SSSR count). The Balaban J connectivity index is 1.52. The second kappa shape index (κ2) is 8.87. The van der Waals surface area contributed by atoms with Gasteiger partial charge in [-0.1, -0.05) is 48.0 Å². The van der Waals surface area contributed by atoms with Gasteiger partial charge in [-0.3, -0.25) is 9.59 Å². The van der Waals surface area contributed by atoms with Crippen LogP contribution in [0.15, 0.2) is 54.6 Å². The molecule has 0 unspecified atom stereocenters. The molecule has 1 saturated heterocycles. The highest BCUT2D eigenvalue weighted by molar-refractivity contribution is 6.31. The second-order valence-electron chi connectivity index (χ2n) is 6.75. The average Bonchev–Trinajstić information content (AvgIpc) is 2.70. The maximum absolute atomic E-state index is 12.5. The highest BCUT2D eigenvalue weighted by Gasteiger charge is 2.26. The number of carbonyl (C=O) groups is 2. The molecule has 0 radical (unpaired) electrons. The van der Waals surface area contributed by atoms with Gasteiger partial charge in [0.05, 0.1) is 0 Å². The van der Waals surface area contributed by atoms with E-state index in [0.717, 1.165) is 16.8 Å². The topological polar surface area (TPSA) is 49.4 Å². The number of benzene rings is 2. The van der Waals surface area contributed by atoms with E-state index in [-0.39, 0.29) is 17.7 Å². The van der Waals surface area contributed by atoms with Crippen molar-refractivity contribution in [3.8, 4) is 0 Å². The number of nitrogens with zero attached hydrogens (tertiary/aromatic N) is 1. The predicted molar refractivity (Wildman–Crippen MR) is 110 cm³/mol. The molecule has 1 N–H and O–H groups in total. The van der Waals surface area contributed by atoms with Gasteiger partial charge in [0, 0.05) is 35.8 Å². The van der Waals surface area contributed by atoms with E-state index in [1.165, 1.54) is 0 Å². The van der Waals surface area contributed by atoms with Crippen molar-refractivity contribution in [3.63, 3.8) is 0 Å². The van der Waals surface area contributed by atoms with Crippen molar-refractivity contribution >= 4 is 35.2 Å². The molecule has 0 saturated carbocycles. The molecule has 0 bridgehead atoms. The normalized spacial score (nSPS) is 15.1. The lowest BCUT2D eigenvalue weighted by Crippen LogP contribution is -2.40. The number of amides is 2. The van der Waals surface area contributed by atoms with E-state index in [2.05, 4.69) is 5.32 Å². The number of hydrogen-bond acceptors (Lipinski definition) is 2. The number of anilines is 1. The smallest absolute Gasteiger partial charge is 0.246 e. The zero-order chi connectivity index (χ0) is 19.2. The number of rotatable bonds is 4. The lowest BCUT2D eigenvalue weighted by molar-refractivity contribution is -0.130. The number of halogens is 1. The number of hydrogen-bond donors (Lipinski definition) is 1. The Labute approximate surface area is 164 Å². The van der Waals surface area contributed by atoms with E-state index >= 15 is 0 Å². The van der Waals surface area contributed by atoms with Crippen molar-refractivity contribution in [2.75, 3.05) is 18.4 Å². The highest BCUT2D eigenvalue weighted by atomic mass is 35.5. The predicted octanol–water partition coefficient (Wildman–Crippen LogP) is 4.54. The van der Waals surface area contributed by atoms with E-state index in [9.17, 15) is 9.59 Å². The lowest BCUT2D eigenvalue weighted by atomic mass is 9.95. The standard InChI is InChI=1S/C22H23ClN2O2/c1-16-19(23)8-5-9-20(16)24-22(27)18-12-14-25(15-13-18)21(26)11-10-17-6-3-2-4-7-17/h2-11,18H,12-15H2,1H3,(H,24,27). The summed E-state index contributed by atoms with van der Waals surface area (Å²) in [5, 5.41) is 3.61. The van der Waals surface area contributed by atoms with Crippen LogP contribution in [0.3, 0.4) is 0 Å². The molecule has 1 heterocycles. The summed E-state index contributed by atoms with van der Waals surface area (Å²) >= 11 is 6.11. The summed E-state index contributed by atoms with van der Waals surface area (Å²) in [6.07, 6.45) is 4.75. The van der Waals surface area contributed by atoms with Crippen LogP contribution in [0.5, 0.6) is 0 Å². The van der Waals surface area contributed by atoms with Crippen LogP contribution < -0.4 is 5.32 Å². The molecule has 0 aromatic heterocycles. The molecule has 5 heteroatoms. The van der Waals surface area contributed by atoms with Gasteiger partial charge in [0.15, 0.2) is 0 Å². The summed E-state index contributed by atoms with van der Waals surface area (Å²) in [6, 6.07) is 15.2. The molecule has 1 aliphatic rings. The minimum Gasteiger partial charge on any atom is -0.339 e. The molecule has 0 aliphatic carbocycles. The molecule has 1 aliphatic heterocycles. The number of carbonyl (C=O) groups excluding carboxylic acids is 2. The summed E-state index contributed by atoms with van der Waals surface area (Å²) in [7, 11) is 0. The van der Waals surface area contributed by atoms with Crippen molar-refractivity contribution in [2.24, 2.45) is 5.92 Å². The number of nitrogens with one attached hydrogen (secondary N) is 1. The second-order valence-corrected chi connectivity index (χ2v) is 7.15. The van der Waals surface area contributed by atoms with Crippen LogP contribution in [0.1, 0.15) is 24.0 Å². The van der Waals surface area contributed by atoms with Crippen LogP contribution >= 0.6 is 11.6 Å². The van der Waals surface area contributed by atoms with Crippen LogP contribution in [-0.2, 0) is 9.59 Å². The van der Waals surface area contributed by atoms with Crippen molar-refractivity contribution in [1.82, 2.24) is 4.90 Å². The monoisotopic (exact) mass is 382 g/mol. The van der Waals surface area contributed by atoms with Crippen LogP contribution in [-0.4, -0.2) is 29.8 Å². The Morgan fingerprint density at radius 2 is 1.78 bits per heavy atom. The summed E-state index contributed by atoms with van der Waals surface area (Å²) in [5.41, 5.74) is 2.61. The van der Waals surface area contributed by atoms with Crippen molar-refractivity contribution in [1.29, 1.82) is 0 Å². The van der Waals surface area contributed by atoms with Crippen LogP contribution in [0.25, 0.3) is 6.08 Å². The maximum Gasteiger partial charge on any atom is 0.246 e. The summed E-state index contributed by atoms with van der Waals surface area (Å²) in [4.78, 5) is 26.7. The first-order valence-electron chi connectivity index (χ1n) is 9.12. The first-order valence-corrected chi connectivity index (χ1v) is 9.50. The molecule has 0 atom stereocenters. The first kappa shape index (κ1) is 19.2. The third-order valence-corrected chi connectivity index (χ3v) is 5.33. The summed E-state index contributed by atoms with van der Waals surface area (Å²) in [6.45, 7) is 3.06. The maximum atomic E-state index is 12.5. The van der Waals surface area contributed by atoms with Gasteiger partial charge in [0.25, 0.3) is 0 Å². The first-order chi connectivity index (χ1) is 13.0. The van der Waals surface area contributed by atoms with Crippen LogP contribution in [0.2, 0.25) is 5.02 Å². The molecule has 2 aromatic rings. The molecule has 4 nitrogen and oxygen atoms in total. The van der Waals surface area contributed by atoms with E-state index in [1.807, 2.05) is 55.5 Å². The minimum atomic E-state index is -0.0921. The Hall–Kier alpha value is -2.59. The molecular formula is C22H23ClN2O2. The van der Waals surface area contributed by atoms with Gasteiger partial charge in [0.2, 0.25) is 11.8 Å². The molecule has 0 spiro atoms. The largest absolute Gasteiger partial charge is 0.339 e. The Kier molecular flexibility index (Phi) is 6.30. The van der Waals surface area contributed by atoms with Gasteiger partial charge in [0.1, 0.15) is 0 Å². The molecule has 140 valence electrons. The van der Waals surface area contributed by atoms with Gasteiger partial charge in [-0.05, 0) is 49.1 Å². The SMILES string of the molecule is Cc1c(Cl)cccc1NC(=O)C1CCN(C(=O)C=Cc2ccccc2)CC1. The van der Waals surface area contributed by atoms with Gasteiger partial charge < -0.3 is 10.2 Å². The summed E-state index contributed by atoms with van der Waals surface area (Å²) < 4.78 is 0. The Morgan fingerprint density at radius 3 is 2.48 bits per heavy atom. The lowest BCUT2D eigenvalue weighted by Gasteiger charge is -2.30. The molecule has 27 heavy (non-hydrogen) atoms. The molecule has 1 fully saturated rings. The molecule has 2 amide bonds. The third kappa shape index (κ3) is 4.98. The third-order valence-electron chi connectivity index (χ3n) is 4.92. The molecular weight excluding hydrogens is 360 g/mol. The van der Waals surface area contributed by atoms with E-state index in [0.29, 0.717) is 31.0 Å². The Bertz CT molecular complexity index is 841. The highest BCUT2D eigenvalue weighted by Crippen LogP contribution is 2.25. The summed E-state index contributed by atoms with van der Waals surface area (Å²) in [5.74, 6) is -0.110. The van der Waals surface area contributed by atoms with Crippen LogP contribution in [0, 0.1) is 12.8 Å². The van der Waals surface area contributed by atoms with Gasteiger partial charge >= 0.3 is 0 Å². The van der Waals surface area contributed by atoms with E-state index in [4.69, 9.17) is 11.6 Å². The zero-order valence-corrected chi connectivity index (χ0v) is 16.1. The molecule has 2 aromatic carbocycles. The van der Waals surface area contributed by atoms with Gasteiger partial charge in [-0.15, -0.1) is 0 Å². The number of likely N-dealkylation sites (tertiary alicyclic amines) is 1. The number of piperidine rings is 1. The van der Waals surface area contributed by atoms with Gasteiger partial charge in [-0.2, -0.15) is 0 Å². The fourth-order valence-corrected chi connectivity index (χ4v) is 3.35. The van der Waals surface area contributed by atoms with Crippen molar-refractivity contribution in [2.45, 2.75) is 19.8 Å².